The van der Waals surface area contributed by atoms with Gasteiger partial charge in [0.05, 0.1) is 19.3 Å². The maximum absolute atomic E-state index is 12.8. The molecule has 0 spiro atoms. The molecule has 0 fully saturated rings. The Hall–Kier alpha value is -3.31. The second kappa shape index (κ2) is 9.67. The fourth-order valence-electron chi connectivity index (χ4n) is 3.54. The number of nitrogens with one attached hydrogen (secondary N) is 1. The van der Waals surface area contributed by atoms with Crippen molar-refractivity contribution in [2.24, 2.45) is 5.92 Å². The molecular weight excluding hydrogens is 416 g/mol. The van der Waals surface area contributed by atoms with Crippen molar-refractivity contribution < 1.29 is 24.2 Å². The molecule has 1 atom stereocenters. The number of nitriles is 1. The van der Waals surface area contributed by atoms with E-state index in [9.17, 15) is 20.0 Å². The van der Waals surface area contributed by atoms with Crippen LogP contribution in [0.3, 0.4) is 0 Å². The van der Waals surface area contributed by atoms with Crippen LogP contribution in [0.4, 0.5) is 5.00 Å². The van der Waals surface area contributed by atoms with Crippen LogP contribution in [-0.4, -0.2) is 30.7 Å². The molecule has 162 valence electrons. The van der Waals surface area contributed by atoms with Crippen molar-refractivity contribution in [3.8, 4) is 17.6 Å². The fraction of sp³-hybridized carbons (Fsp3) is 0.348. The third kappa shape index (κ3) is 4.89. The second-order valence-corrected chi connectivity index (χ2v) is 8.44. The van der Waals surface area contributed by atoms with E-state index >= 15 is 0 Å². The molecule has 0 saturated heterocycles. The van der Waals surface area contributed by atoms with E-state index in [-0.39, 0.29) is 23.7 Å². The summed E-state index contributed by atoms with van der Waals surface area (Å²) in [7, 11) is 1.43. The van der Waals surface area contributed by atoms with Gasteiger partial charge >= 0.3 is 5.97 Å². The average molecular weight is 441 g/mol. The highest BCUT2D eigenvalue weighted by Crippen LogP contribution is 2.40. The number of carbonyl (C=O) groups is 2. The summed E-state index contributed by atoms with van der Waals surface area (Å²) in [5, 5.41) is 22.6. The number of amides is 1. The summed E-state index contributed by atoms with van der Waals surface area (Å²) >= 11 is 1.36. The summed E-state index contributed by atoms with van der Waals surface area (Å²) in [5.41, 5.74) is 1.63. The lowest BCUT2D eigenvalue weighted by atomic mass is 9.88. The number of phenols is 1. The molecule has 8 heteroatoms. The lowest BCUT2D eigenvalue weighted by Crippen LogP contribution is -2.17. The molecule has 31 heavy (non-hydrogen) atoms. The Morgan fingerprint density at radius 3 is 2.84 bits per heavy atom. The van der Waals surface area contributed by atoms with Gasteiger partial charge in [-0.1, -0.05) is 13.0 Å². The number of methoxy groups -OCH3 is 1. The van der Waals surface area contributed by atoms with E-state index < -0.39 is 11.9 Å². The van der Waals surface area contributed by atoms with Gasteiger partial charge in [-0.15, -0.1) is 11.3 Å². The second-order valence-electron chi connectivity index (χ2n) is 7.33. The minimum atomic E-state index is -0.630. The Labute approximate surface area is 184 Å². The molecule has 0 saturated carbocycles. The zero-order valence-corrected chi connectivity index (χ0v) is 18.5. The number of aromatic hydroxyl groups is 1. The number of fused-ring (bicyclic) bond motifs is 1. The molecule has 1 aromatic heterocycles. The number of benzene rings is 1. The zero-order chi connectivity index (χ0) is 22.5. The van der Waals surface area contributed by atoms with Crippen LogP contribution in [0.15, 0.2) is 23.8 Å². The van der Waals surface area contributed by atoms with Gasteiger partial charge < -0.3 is 19.9 Å². The van der Waals surface area contributed by atoms with Crippen molar-refractivity contribution in [3.05, 3.63) is 45.3 Å². The van der Waals surface area contributed by atoms with Crippen LogP contribution >= 0.6 is 11.3 Å². The first-order valence-electron chi connectivity index (χ1n) is 9.99. The number of esters is 1. The largest absolute Gasteiger partial charge is 0.504 e. The number of hydrogen-bond donors (Lipinski definition) is 2. The third-order valence-corrected chi connectivity index (χ3v) is 6.27. The van der Waals surface area contributed by atoms with Crippen LogP contribution in [0.25, 0.3) is 6.08 Å². The van der Waals surface area contributed by atoms with Gasteiger partial charge in [0.25, 0.3) is 5.91 Å². The summed E-state index contributed by atoms with van der Waals surface area (Å²) in [6, 6.07) is 6.45. The van der Waals surface area contributed by atoms with Crippen LogP contribution < -0.4 is 10.1 Å². The van der Waals surface area contributed by atoms with Gasteiger partial charge in [0.15, 0.2) is 11.5 Å². The summed E-state index contributed by atoms with van der Waals surface area (Å²) < 4.78 is 10.2. The Balaban J connectivity index is 1.92. The highest BCUT2D eigenvalue weighted by molar-refractivity contribution is 7.17. The van der Waals surface area contributed by atoms with Crippen LogP contribution in [0, 0.1) is 17.2 Å². The van der Waals surface area contributed by atoms with E-state index in [0.29, 0.717) is 22.0 Å². The molecule has 2 N–H and O–H groups in total. The quantitative estimate of drug-likeness (QED) is 0.394. The first kappa shape index (κ1) is 22.4. The fourth-order valence-corrected chi connectivity index (χ4v) is 4.93. The molecule has 0 aliphatic heterocycles. The molecule has 1 aliphatic rings. The molecule has 1 aromatic carbocycles. The standard InChI is InChI=1S/C23H24N2O5S/c1-4-30-23(28)20-16-7-5-13(2)9-19(16)31-22(20)25-21(27)15(12-24)10-14-6-8-18(29-3)17(26)11-14/h6,8,10-11,13,26H,4-5,7,9H2,1-3H3,(H,25,27)/b15-10+. The van der Waals surface area contributed by atoms with Crippen molar-refractivity contribution in [1.29, 1.82) is 5.26 Å². The van der Waals surface area contributed by atoms with Crippen molar-refractivity contribution in [3.63, 3.8) is 0 Å². The van der Waals surface area contributed by atoms with Crippen molar-refractivity contribution in [2.45, 2.75) is 33.1 Å². The Morgan fingerprint density at radius 2 is 2.19 bits per heavy atom. The number of phenolic OH excluding ortho intramolecular Hbond substituents is 1. The molecule has 0 bridgehead atoms. The van der Waals surface area contributed by atoms with E-state index in [1.165, 1.54) is 30.6 Å². The van der Waals surface area contributed by atoms with Gasteiger partial charge in [-0.05, 0) is 61.4 Å². The molecule has 1 aliphatic carbocycles. The number of ether oxygens (including phenoxy) is 2. The summed E-state index contributed by atoms with van der Waals surface area (Å²) in [5.74, 6) is -0.402. The van der Waals surface area contributed by atoms with E-state index in [1.807, 2.05) is 6.07 Å². The van der Waals surface area contributed by atoms with Gasteiger partial charge in [0, 0.05) is 4.88 Å². The average Bonchev–Trinajstić information content (AvgIpc) is 3.08. The van der Waals surface area contributed by atoms with Crippen molar-refractivity contribution >= 4 is 34.3 Å². The van der Waals surface area contributed by atoms with Gasteiger partial charge in [-0.3, -0.25) is 4.79 Å². The molecular formula is C23H24N2O5S. The molecule has 2 aromatic rings. The number of anilines is 1. The van der Waals surface area contributed by atoms with E-state index in [4.69, 9.17) is 9.47 Å². The molecule has 1 unspecified atom stereocenters. The van der Waals surface area contributed by atoms with Gasteiger partial charge in [-0.2, -0.15) is 5.26 Å². The van der Waals surface area contributed by atoms with Gasteiger partial charge in [0.1, 0.15) is 16.6 Å². The van der Waals surface area contributed by atoms with Crippen LogP contribution in [-0.2, 0) is 22.4 Å². The summed E-state index contributed by atoms with van der Waals surface area (Å²) in [4.78, 5) is 26.5. The number of carbonyl (C=O) groups excluding carboxylic acids is 2. The van der Waals surface area contributed by atoms with Crippen molar-refractivity contribution in [1.82, 2.24) is 0 Å². The lowest BCUT2D eigenvalue weighted by Gasteiger charge is -2.18. The molecule has 1 heterocycles. The zero-order valence-electron chi connectivity index (χ0n) is 17.7. The van der Waals surface area contributed by atoms with Crippen LogP contribution in [0.2, 0.25) is 0 Å². The van der Waals surface area contributed by atoms with E-state index in [0.717, 1.165) is 29.7 Å². The topological polar surface area (TPSA) is 109 Å². The van der Waals surface area contributed by atoms with Crippen LogP contribution in [0.5, 0.6) is 11.5 Å². The van der Waals surface area contributed by atoms with Crippen LogP contribution in [0.1, 0.15) is 46.6 Å². The molecule has 0 radical (unpaired) electrons. The minimum Gasteiger partial charge on any atom is -0.504 e. The summed E-state index contributed by atoms with van der Waals surface area (Å²) in [6.45, 7) is 4.13. The third-order valence-electron chi connectivity index (χ3n) is 5.10. The van der Waals surface area contributed by atoms with Gasteiger partial charge in [0.2, 0.25) is 0 Å². The monoisotopic (exact) mass is 440 g/mol. The first-order valence-corrected chi connectivity index (χ1v) is 10.8. The SMILES string of the molecule is CCOC(=O)c1c(NC(=O)/C(C#N)=C/c2ccc(OC)c(O)c2)sc2c1CCC(C)C2. The predicted octanol–water partition coefficient (Wildman–Crippen LogP) is 4.31. The summed E-state index contributed by atoms with van der Waals surface area (Å²) in [6.07, 6.45) is 3.93. The normalized spacial score (nSPS) is 15.5. The number of rotatable bonds is 6. The maximum Gasteiger partial charge on any atom is 0.341 e. The Morgan fingerprint density at radius 1 is 1.42 bits per heavy atom. The van der Waals surface area contributed by atoms with E-state index in [2.05, 4.69) is 12.2 Å². The number of hydrogen-bond acceptors (Lipinski definition) is 7. The first-order chi connectivity index (χ1) is 14.9. The maximum atomic E-state index is 12.8. The highest BCUT2D eigenvalue weighted by Gasteiger charge is 2.29. The smallest absolute Gasteiger partial charge is 0.341 e. The lowest BCUT2D eigenvalue weighted by molar-refractivity contribution is -0.112. The van der Waals surface area contributed by atoms with Crippen molar-refractivity contribution in [2.75, 3.05) is 19.0 Å². The van der Waals surface area contributed by atoms with Gasteiger partial charge in [-0.25, -0.2) is 4.79 Å². The number of nitrogens with zero attached hydrogens (tertiary/aromatic N) is 1. The Kier molecular flexibility index (Phi) is 6.98. The Bertz CT molecular complexity index is 1080. The predicted molar refractivity (Wildman–Crippen MR) is 118 cm³/mol. The van der Waals surface area contributed by atoms with E-state index in [1.54, 1.807) is 19.1 Å². The molecule has 3 rings (SSSR count). The minimum absolute atomic E-state index is 0.0985. The number of thiophene rings is 1. The highest BCUT2D eigenvalue weighted by atomic mass is 32.1. The molecule has 1 amide bonds. The molecule has 7 nitrogen and oxygen atoms in total.